The molecule has 0 aliphatic carbocycles. The Hall–Kier alpha value is -1.43. The summed E-state index contributed by atoms with van der Waals surface area (Å²) in [6.07, 6.45) is 0. The Morgan fingerprint density at radius 1 is 1.04 bits per heavy atom. The molecule has 0 saturated heterocycles. The topological polar surface area (TPSA) is 9.23 Å². The third kappa shape index (κ3) is 4.31. The highest BCUT2D eigenvalue weighted by Crippen LogP contribution is 2.21. The lowest BCUT2D eigenvalue weighted by atomic mass is 10.00. The van der Waals surface area contributed by atoms with Crippen LogP contribution in [0.1, 0.15) is 18.1 Å². The van der Waals surface area contributed by atoms with Crippen LogP contribution in [0.25, 0.3) is 5.57 Å². The van der Waals surface area contributed by atoms with Crippen molar-refractivity contribution in [3.05, 3.63) is 66.2 Å². The Morgan fingerprint density at radius 3 is 2.26 bits per heavy atom. The van der Waals surface area contributed by atoms with E-state index in [1.54, 1.807) is 0 Å². The number of hydrogen-bond donors (Lipinski definition) is 0. The van der Waals surface area contributed by atoms with Crippen LogP contribution in [0.2, 0.25) is 26.2 Å². The maximum Gasteiger partial charge on any atom is 0.218 e. The second-order valence-corrected chi connectivity index (χ2v) is 13.6. The summed E-state index contributed by atoms with van der Waals surface area (Å²) in [6, 6.07) is 17.7. The standard InChI is InChI=1S/C20H28OSi2/c1-7-21-23(5,6)20-10-8-9-18(15-20)16(2)17-11-13-19(14-12-17)22(3)4/h8-15,22H,2,7H2,1,3-6H3. The molecule has 0 bridgehead atoms. The summed E-state index contributed by atoms with van der Waals surface area (Å²) >= 11 is 0. The van der Waals surface area contributed by atoms with Gasteiger partial charge in [-0.2, -0.15) is 0 Å². The molecule has 0 unspecified atom stereocenters. The van der Waals surface area contributed by atoms with Gasteiger partial charge in [0.15, 0.2) is 0 Å². The molecule has 2 aromatic carbocycles. The number of rotatable bonds is 6. The van der Waals surface area contributed by atoms with E-state index >= 15 is 0 Å². The van der Waals surface area contributed by atoms with Crippen LogP contribution in [-0.2, 0) is 4.43 Å². The second-order valence-electron chi connectivity index (χ2n) is 6.78. The summed E-state index contributed by atoms with van der Waals surface area (Å²) in [4.78, 5) is 0. The second kappa shape index (κ2) is 7.43. The van der Waals surface area contributed by atoms with Crippen LogP contribution in [0.15, 0.2) is 55.1 Å². The van der Waals surface area contributed by atoms with Gasteiger partial charge in [0.1, 0.15) is 0 Å². The van der Waals surface area contributed by atoms with E-state index in [2.05, 4.69) is 88.2 Å². The highest BCUT2D eigenvalue weighted by molar-refractivity contribution is 6.84. The zero-order chi connectivity index (χ0) is 17.0. The molecule has 0 atom stereocenters. The summed E-state index contributed by atoms with van der Waals surface area (Å²) in [7, 11) is -2.55. The van der Waals surface area contributed by atoms with Gasteiger partial charge >= 0.3 is 0 Å². The van der Waals surface area contributed by atoms with Crippen LogP contribution in [0.4, 0.5) is 0 Å². The van der Waals surface area contributed by atoms with Crippen LogP contribution in [0.3, 0.4) is 0 Å². The Balaban J connectivity index is 2.29. The molecule has 0 N–H and O–H groups in total. The van der Waals surface area contributed by atoms with E-state index in [0.717, 1.165) is 12.2 Å². The Labute approximate surface area is 143 Å². The number of benzene rings is 2. The first-order chi connectivity index (χ1) is 10.8. The summed E-state index contributed by atoms with van der Waals surface area (Å²) < 4.78 is 6.01. The van der Waals surface area contributed by atoms with E-state index in [1.165, 1.54) is 21.5 Å². The minimum absolute atomic E-state index is 0.734. The van der Waals surface area contributed by atoms with E-state index in [9.17, 15) is 0 Å². The van der Waals surface area contributed by atoms with Crippen molar-refractivity contribution >= 4 is 33.1 Å². The maximum atomic E-state index is 6.01. The van der Waals surface area contributed by atoms with Crippen molar-refractivity contribution in [2.75, 3.05) is 6.61 Å². The molecule has 1 nitrogen and oxygen atoms in total. The molecule has 3 heteroatoms. The molecule has 0 saturated carbocycles. The molecular weight excluding hydrogens is 312 g/mol. The monoisotopic (exact) mass is 340 g/mol. The van der Waals surface area contributed by atoms with Crippen molar-refractivity contribution in [3.8, 4) is 0 Å². The van der Waals surface area contributed by atoms with Crippen LogP contribution < -0.4 is 10.4 Å². The van der Waals surface area contributed by atoms with Gasteiger partial charge < -0.3 is 4.43 Å². The van der Waals surface area contributed by atoms with Gasteiger partial charge in [0.25, 0.3) is 0 Å². The fraction of sp³-hybridized carbons (Fsp3) is 0.300. The molecule has 0 aliphatic heterocycles. The van der Waals surface area contributed by atoms with Gasteiger partial charge in [-0.15, -0.1) is 0 Å². The summed E-state index contributed by atoms with van der Waals surface area (Å²) in [6.45, 7) is 16.4. The predicted molar refractivity (Wildman–Crippen MR) is 108 cm³/mol. The van der Waals surface area contributed by atoms with E-state index < -0.39 is 17.1 Å². The molecule has 122 valence electrons. The average molecular weight is 341 g/mol. The molecule has 23 heavy (non-hydrogen) atoms. The van der Waals surface area contributed by atoms with Crippen molar-refractivity contribution in [3.63, 3.8) is 0 Å². The van der Waals surface area contributed by atoms with Crippen molar-refractivity contribution < 1.29 is 4.43 Å². The van der Waals surface area contributed by atoms with Gasteiger partial charge in [-0.3, -0.25) is 0 Å². The molecule has 0 aliphatic rings. The van der Waals surface area contributed by atoms with Crippen LogP contribution in [-0.4, -0.2) is 23.7 Å². The summed E-state index contributed by atoms with van der Waals surface area (Å²) in [5.74, 6) is 0. The first kappa shape index (κ1) is 17.9. The molecule has 2 rings (SSSR count). The third-order valence-electron chi connectivity index (χ3n) is 4.34. The molecular formula is C20H28OSi2. The first-order valence-corrected chi connectivity index (χ1v) is 14.2. The van der Waals surface area contributed by atoms with Crippen molar-refractivity contribution in [1.82, 2.24) is 0 Å². The lowest BCUT2D eigenvalue weighted by Crippen LogP contribution is -2.44. The van der Waals surface area contributed by atoms with Gasteiger partial charge in [-0.1, -0.05) is 73.4 Å². The minimum Gasteiger partial charge on any atom is -0.413 e. The fourth-order valence-electron chi connectivity index (χ4n) is 2.76. The first-order valence-electron chi connectivity index (χ1n) is 8.39. The van der Waals surface area contributed by atoms with E-state index in [4.69, 9.17) is 4.43 Å². The van der Waals surface area contributed by atoms with E-state index in [1.807, 2.05) is 0 Å². The molecule has 0 fully saturated rings. The van der Waals surface area contributed by atoms with Crippen LogP contribution >= 0.6 is 0 Å². The van der Waals surface area contributed by atoms with Gasteiger partial charge in [0.05, 0.1) is 8.80 Å². The van der Waals surface area contributed by atoms with Gasteiger partial charge in [-0.05, 0) is 41.9 Å². The van der Waals surface area contributed by atoms with Crippen molar-refractivity contribution in [2.24, 2.45) is 0 Å². The molecule has 2 aromatic rings. The molecule has 0 spiro atoms. The van der Waals surface area contributed by atoms with Crippen LogP contribution in [0, 0.1) is 0 Å². The summed E-state index contributed by atoms with van der Waals surface area (Å²) in [5, 5.41) is 2.82. The lowest BCUT2D eigenvalue weighted by molar-refractivity contribution is 0.339. The van der Waals surface area contributed by atoms with E-state index in [-0.39, 0.29) is 0 Å². The Morgan fingerprint density at radius 2 is 1.70 bits per heavy atom. The van der Waals surface area contributed by atoms with E-state index in [0.29, 0.717) is 0 Å². The highest BCUT2D eigenvalue weighted by Gasteiger charge is 2.24. The highest BCUT2D eigenvalue weighted by atomic mass is 28.4. The third-order valence-corrected chi connectivity index (χ3v) is 8.77. The summed E-state index contributed by atoms with van der Waals surface area (Å²) in [5.41, 5.74) is 3.49. The normalized spacial score (nSPS) is 11.7. The van der Waals surface area contributed by atoms with Crippen molar-refractivity contribution in [2.45, 2.75) is 33.1 Å². The van der Waals surface area contributed by atoms with Gasteiger partial charge in [0, 0.05) is 6.61 Å². The molecule has 0 amide bonds. The van der Waals surface area contributed by atoms with Crippen LogP contribution in [0.5, 0.6) is 0 Å². The molecule has 0 aromatic heterocycles. The average Bonchev–Trinajstić information content (AvgIpc) is 2.54. The molecule has 0 radical (unpaired) electrons. The van der Waals surface area contributed by atoms with Crippen molar-refractivity contribution in [1.29, 1.82) is 0 Å². The Kier molecular flexibility index (Phi) is 5.79. The Bertz CT molecular complexity index is 672. The quantitative estimate of drug-likeness (QED) is 0.725. The number of hydrogen-bond acceptors (Lipinski definition) is 1. The van der Waals surface area contributed by atoms with Gasteiger partial charge in [0.2, 0.25) is 8.32 Å². The zero-order valence-electron chi connectivity index (χ0n) is 15.0. The largest absolute Gasteiger partial charge is 0.413 e. The smallest absolute Gasteiger partial charge is 0.218 e. The SMILES string of the molecule is C=C(c1ccc([SiH](C)C)cc1)c1cccc([Si](C)(C)OCC)c1. The zero-order valence-corrected chi connectivity index (χ0v) is 17.2. The lowest BCUT2D eigenvalue weighted by Gasteiger charge is -2.23. The fourth-order valence-corrected chi connectivity index (χ4v) is 5.61. The van der Waals surface area contributed by atoms with Gasteiger partial charge in [-0.25, -0.2) is 0 Å². The molecule has 0 heterocycles. The minimum atomic E-state index is -1.82. The predicted octanol–water partition coefficient (Wildman–Crippen LogP) is 3.89. The maximum absolute atomic E-state index is 6.01.